The van der Waals surface area contributed by atoms with E-state index >= 15 is 0 Å². The number of rotatable bonds is 3. The van der Waals surface area contributed by atoms with Crippen molar-refractivity contribution in [2.75, 3.05) is 39.3 Å². The predicted octanol–water partition coefficient (Wildman–Crippen LogP) is 0.401. The first-order valence-electron chi connectivity index (χ1n) is 7.23. The van der Waals surface area contributed by atoms with Crippen LogP contribution in [0, 0.1) is 6.92 Å². The summed E-state index contributed by atoms with van der Waals surface area (Å²) in [5, 5.41) is 13.6. The first-order chi connectivity index (χ1) is 9.72. The molecule has 1 saturated heterocycles. The van der Waals surface area contributed by atoms with Gasteiger partial charge in [0.15, 0.2) is 17.6 Å². The molecule has 2 aliphatic heterocycles. The normalized spacial score (nSPS) is 24.4. The highest BCUT2D eigenvalue weighted by Crippen LogP contribution is 2.33. The van der Waals surface area contributed by atoms with Crippen molar-refractivity contribution in [2.24, 2.45) is 0 Å². The fourth-order valence-corrected chi connectivity index (χ4v) is 2.66. The number of hydrogen-bond acceptors (Lipinski definition) is 5. The molecule has 2 unspecified atom stereocenters. The Morgan fingerprint density at radius 1 is 1.35 bits per heavy atom. The third-order valence-corrected chi connectivity index (χ3v) is 3.86. The highest BCUT2D eigenvalue weighted by molar-refractivity contribution is 5.43. The van der Waals surface area contributed by atoms with Crippen molar-refractivity contribution in [1.82, 2.24) is 10.2 Å². The minimum atomic E-state index is -0.525. The molecule has 1 aromatic rings. The molecule has 20 heavy (non-hydrogen) atoms. The number of aryl methyl sites for hydroxylation is 1. The number of ether oxygens (including phenoxy) is 2. The van der Waals surface area contributed by atoms with Crippen LogP contribution in [-0.2, 0) is 0 Å². The van der Waals surface area contributed by atoms with Gasteiger partial charge in [-0.3, -0.25) is 4.90 Å². The Morgan fingerprint density at radius 3 is 2.95 bits per heavy atom. The number of aliphatic hydroxyl groups excluding tert-OH is 1. The van der Waals surface area contributed by atoms with Gasteiger partial charge in [0.2, 0.25) is 0 Å². The summed E-state index contributed by atoms with van der Waals surface area (Å²) >= 11 is 0. The zero-order valence-corrected chi connectivity index (χ0v) is 11.8. The molecule has 110 valence electrons. The molecule has 1 aromatic carbocycles. The Balaban J connectivity index is 1.59. The summed E-state index contributed by atoms with van der Waals surface area (Å²) in [6, 6.07) is 5.87. The van der Waals surface area contributed by atoms with E-state index in [4.69, 9.17) is 9.47 Å². The molecule has 2 aliphatic rings. The summed E-state index contributed by atoms with van der Waals surface area (Å²) in [6.07, 6.45) is -0.817. The SMILES string of the molecule is Cc1ccc2c(c1)OCC(C(O)CN1CCNCC1)O2. The number of benzene rings is 1. The van der Waals surface area contributed by atoms with E-state index in [1.54, 1.807) is 0 Å². The van der Waals surface area contributed by atoms with E-state index in [0.29, 0.717) is 13.2 Å². The second kappa shape index (κ2) is 5.99. The van der Waals surface area contributed by atoms with Gasteiger partial charge in [0, 0.05) is 32.7 Å². The number of hydrogen-bond donors (Lipinski definition) is 2. The molecular weight excluding hydrogens is 256 g/mol. The van der Waals surface area contributed by atoms with Gasteiger partial charge in [-0.15, -0.1) is 0 Å². The summed E-state index contributed by atoms with van der Waals surface area (Å²) in [4.78, 5) is 2.26. The maximum absolute atomic E-state index is 10.3. The van der Waals surface area contributed by atoms with E-state index in [1.807, 2.05) is 25.1 Å². The average molecular weight is 278 g/mol. The van der Waals surface area contributed by atoms with E-state index < -0.39 is 6.10 Å². The lowest BCUT2D eigenvalue weighted by Crippen LogP contribution is -2.51. The minimum Gasteiger partial charge on any atom is -0.486 e. The average Bonchev–Trinajstić information content (AvgIpc) is 2.47. The highest BCUT2D eigenvalue weighted by Gasteiger charge is 2.29. The topological polar surface area (TPSA) is 54.0 Å². The fourth-order valence-electron chi connectivity index (χ4n) is 2.66. The molecule has 5 nitrogen and oxygen atoms in total. The molecule has 0 bridgehead atoms. The molecule has 0 amide bonds. The molecule has 0 aliphatic carbocycles. The molecule has 3 rings (SSSR count). The smallest absolute Gasteiger partial charge is 0.161 e. The first-order valence-corrected chi connectivity index (χ1v) is 7.23. The summed E-state index contributed by atoms with van der Waals surface area (Å²) in [6.45, 7) is 6.98. The zero-order chi connectivity index (χ0) is 13.9. The van der Waals surface area contributed by atoms with Gasteiger partial charge < -0.3 is 19.9 Å². The van der Waals surface area contributed by atoms with Gasteiger partial charge in [0.1, 0.15) is 12.7 Å². The second-order valence-corrected chi connectivity index (χ2v) is 5.54. The Hall–Kier alpha value is -1.30. The Morgan fingerprint density at radius 2 is 2.15 bits per heavy atom. The van der Waals surface area contributed by atoms with E-state index in [9.17, 15) is 5.11 Å². The van der Waals surface area contributed by atoms with Crippen molar-refractivity contribution in [2.45, 2.75) is 19.1 Å². The van der Waals surface area contributed by atoms with Crippen molar-refractivity contribution in [1.29, 1.82) is 0 Å². The van der Waals surface area contributed by atoms with Crippen LogP contribution in [-0.4, -0.2) is 61.5 Å². The van der Waals surface area contributed by atoms with Gasteiger partial charge in [-0.1, -0.05) is 6.07 Å². The molecular formula is C15H22N2O3. The monoisotopic (exact) mass is 278 g/mol. The lowest BCUT2D eigenvalue weighted by molar-refractivity contribution is -0.0266. The minimum absolute atomic E-state index is 0.292. The fraction of sp³-hybridized carbons (Fsp3) is 0.600. The van der Waals surface area contributed by atoms with Crippen LogP contribution in [0.15, 0.2) is 18.2 Å². The molecule has 0 aromatic heterocycles. The van der Waals surface area contributed by atoms with Gasteiger partial charge in [0.05, 0.1) is 0 Å². The van der Waals surface area contributed by atoms with Gasteiger partial charge in [-0.2, -0.15) is 0 Å². The maximum Gasteiger partial charge on any atom is 0.161 e. The van der Waals surface area contributed by atoms with Gasteiger partial charge in [-0.05, 0) is 24.6 Å². The van der Waals surface area contributed by atoms with E-state index in [2.05, 4.69) is 10.2 Å². The Bertz CT molecular complexity index is 460. The quantitative estimate of drug-likeness (QED) is 0.838. The summed E-state index contributed by atoms with van der Waals surface area (Å²) in [5.41, 5.74) is 1.15. The predicted molar refractivity (Wildman–Crippen MR) is 76.4 cm³/mol. The summed E-state index contributed by atoms with van der Waals surface area (Å²) < 4.78 is 11.6. The molecule has 5 heteroatoms. The van der Waals surface area contributed by atoms with E-state index in [0.717, 1.165) is 43.2 Å². The number of aliphatic hydroxyl groups is 1. The van der Waals surface area contributed by atoms with E-state index in [1.165, 1.54) is 0 Å². The second-order valence-electron chi connectivity index (χ2n) is 5.54. The number of β-amino-alcohol motifs (C(OH)–C–C–N with tert-alkyl or cyclic N) is 1. The van der Waals surface area contributed by atoms with Gasteiger partial charge >= 0.3 is 0 Å². The number of fused-ring (bicyclic) bond motifs is 1. The van der Waals surface area contributed by atoms with Crippen molar-refractivity contribution in [3.05, 3.63) is 23.8 Å². The third-order valence-electron chi connectivity index (χ3n) is 3.86. The van der Waals surface area contributed by atoms with Crippen molar-refractivity contribution in [3.63, 3.8) is 0 Å². The Labute approximate surface area is 119 Å². The standard InChI is InChI=1S/C15H22N2O3/c1-11-2-3-13-14(8-11)19-10-15(20-13)12(18)9-17-6-4-16-5-7-17/h2-3,8,12,15-16,18H,4-7,9-10H2,1H3. The zero-order valence-electron chi connectivity index (χ0n) is 11.8. The number of nitrogens with zero attached hydrogens (tertiary/aromatic N) is 1. The van der Waals surface area contributed by atoms with Crippen LogP contribution < -0.4 is 14.8 Å². The largest absolute Gasteiger partial charge is 0.486 e. The van der Waals surface area contributed by atoms with Gasteiger partial charge in [0.25, 0.3) is 0 Å². The van der Waals surface area contributed by atoms with Crippen LogP contribution >= 0.6 is 0 Å². The van der Waals surface area contributed by atoms with Crippen LogP contribution in [0.2, 0.25) is 0 Å². The van der Waals surface area contributed by atoms with Crippen LogP contribution in [0.1, 0.15) is 5.56 Å². The lowest BCUT2D eigenvalue weighted by Gasteiger charge is -2.34. The number of piperazine rings is 1. The van der Waals surface area contributed by atoms with E-state index in [-0.39, 0.29) is 6.10 Å². The molecule has 0 saturated carbocycles. The van der Waals surface area contributed by atoms with Gasteiger partial charge in [-0.25, -0.2) is 0 Å². The molecule has 2 heterocycles. The van der Waals surface area contributed by atoms with Crippen molar-refractivity contribution in [3.8, 4) is 11.5 Å². The number of nitrogens with one attached hydrogen (secondary N) is 1. The van der Waals surface area contributed by atoms with Crippen LogP contribution in [0.25, 0.3) is 0 Å². The molecule has 1 fully saturated rings. The van der Waals surface area contributed by atoms with Crippen molar-refractivity contribution < 1.29 is 14.6 Å². The molecule has 2 atom stereocenters. The lowest BCUT2D eigenvalue weighted by atomic mass is 10.1. The molecule has 2 N–H and O–H groups in total. The molecule has 0 spiro atoms. The Kier molecular flexibility index (Phi) is 4.10. The maximum atomic E-state index is 10.3. The summed E-state index contributed by atoms with van der Waals surface area (Å²) in [5.74, 6) is 1.50. The van der Waals surface area contributed by atoms with Crippen LogP contribution in [0.4, 0.5) is 0 Å². The first kappa shape index (κ1) is 13.7. The highest BCUT2D eigenvalue weighted by atomic mass is 16.6. The van der Waals surface area contributed by atoms with Crippen LogP contribution in [0.3, 0.4) is 0 Å². The molecule has 0 radical (unpaired) electrons. The van der Waals surface area contributed by atoms with Crippen LogP contribution in [0.5, 0.6) is 11.5 Å². The summed E-state index contributed by atoms with van der Waals surface area (Å²) in [7, 11) is 0. The third kappa shape index (κ3) is 3.06. The van der Waals surface area contributed by atoms with Crippen molar-refractivity contribution >= 4 is 0 Å².